The Kier molecular flexibility index (Phi) is 6.61. The molecule has 0 saturated carbocycles. The fourth-order valence-corrected chi connectivity index (χ4v) is 3.72. The third-order valence-electron chi connectivity index (χ3n) is 3.98. The molecule has 10 nitrogen and oxygen atoms in total. The molecule has 2 aliphatic rings. The van der Waals surface area contributed by atoms with Crippen LogP contribution in [0.5, 0.6) is 0 Å². The first kappa shape index (κ1) is 19.3. The predicted octanol–water partition coefficient (Wildman–Crippen LogP) is -4.68. The largest absolute Gasteiger partial charge is 0.395 e. The summed E-state index contributed by atoms with van der Waals surface area (Å²) in [6.07, 6.45) is -11.9. The minimum atomic E-state index is -1.67. The highest BCUT2D eigenvalue weighted by Crippen LogP contribution is 2.35. The fraction of sp³-hybridized carbons (Fsp3) is 1.00. The molecule has 2 heterocycles. The van der Waals surface area contributed by atoms with Crippen molar-refractivity contribution in [2.45, 2.75) is 59.7 Å². The molecule has 136 valence electrons. The first-order chi connectivity index (χ1) is 10.8. The predicted molar refractivity (Wildman–Crippen MR) is 75.1 cm³/mol. The summed E-state index contributed by atoms with van der Waals surface area (Å²) >= 11 is 0.776. The molecule has 2 saturated heterocycles. The molecule has 2 fully saturated rings. The molecule has 0 amide bonds. The average molecular weight is 358 g/mol. The topological polar surface area (TPSA) is 180 Å². The Bertz CT molecular complexity index is 383. The van der Waals surface area contributed by atoms with E-state index in [0.717, 1.165) is 11.8 Å². The van der Waals surface area contributed by atoms with E-state index in [0.29, 0.717) is 0 Å². The second kappa shape index (κ2) is 7.89. The zero-order valence-electron chi connectivity index (χ0n) is 12.0. The quantitative estimate of drug-likeness (QED) is 0.242. The molecule has 11 heteroatoms. The molecular formula is C12H22O10S. The van der Waals surface area contributed by atoms with Gasteiger partial charge in [-0.15, -0.1) is 11.8 Å². The molecule has 6 unspecified atom stereocenters. The van der Waals surface area contributed by atoms with Crippen LogP contribution in [0.25, 0.3) is 0 Å². The summed E-state index contributed by atoms with van der Waals surface area (Å²) in [7, 11) is 0. The van der Waals surface area contributed by atoms with E-state index in [1.54, 1.807) is 0 Å². The van der Waals surface area contributed by atoms with Crippen LogP contribution in [-0.2, 0) is 9.47 Å². The van der Waals surface area contributed by atoms with E-state index in [-0.39, 0.29) is 0 Å². The van der Waals surface area contributed by atoms with E-state index in [4.69, 9.17) is 14.6 Å². The van der Waals surface area contributed by atoms with Gasteiger partial charge in [-0.3, -0.25) is 0 Å². The van der Waals surface area contributed by atoms with Crippen LogP contribution in [0.15, 0.2) is 0 Å². The number of aliphatic hydroxyl groups excluding tert-OH is 8. The molecule has 0 aromatic rings. The summed E-state index contributed by atoms with van der Waals surface area (Å²) in [6.45, 7) is -1.13. The van der Waals surface area contributed by atoms with Gasteiger partial charge in [0, 0.05) is 0 Å². The lowest BCUT2D eigenvalue weighted by Crippen LogP contribution is -2.62. The first-order valence-corrected chi connectivity index (χ1v) is 8.02. The summed E-state index contributed by atoms with van der Waals surface area (Å²) in [5, 5.41) is 76.2. The number of rotatable bonds is 4. The lowest BCUT2D eigenvalue weighted by molar-refractivity contribution is -0.320. The van der Waals surface area contributed by atoms with Crippen LogP contribution in [0.1, 0.15) is 0 Å². The Hall–Kier alpha value is -0.0500. The highest BCUT2D eigenvalue weighted by atomic mass is 32.2. The van der Waals surface area contributed by atoms with Gasteiger partial charge < -0.3 is 50.3 Å². The van der Waals surface area contributed by atoms with Crippen molar-refractivity contribution in [3.05, 3.63) is 0 Å². The van der Waals surface area contributed by atoms with E-state index in [2.05, 4.69) is 0 Å². The third-order valence-corrected chi connectivity index (χ3v) is 5.30. The van der Waals surface area contributed by atoms with Crippen molar-refractivity contribution < 1.29 is 50.3 Å². The number of ether oxygens (including phenoxy) is 2. The second-order valence-corrected chi connectivity index (χ2v) is 6.89. The number of hydrogen-bond acceptors (Lipinski definition) is 11. The second-order valence-electron chi connectivity index (χ2n) is 5.53. The number of thioether (sulfide) groups is 1. The van der Waals surface area contributed by atoms with Crippen LogP contribution in [0, 0.1) is 0 Å². The minimum Gasteiger partial charge on any atom is -0.395 e. The van der Waals surface area contributed by atoms with Crippen molar-refractivity contribution in [3.63, 3.8) is 0 Å². The van der Waals surface area contributed by atoms with Crippen LogP contribution in [-0.4, -0.2) is 114 Å². The normalized spacial score (nSPS) is 51.7. The van der Waals surface area contributed by atoms with Crippen LogP contribution < -0.4 is 0 Å². The highest BCUT2D eigenvalue weighted by Gasteiger charge is 2.49. The van der Waals surface area contributed by atoms with Gasteiger partial charge in [-0.1, -0.05) is 0 Å². The number of hydrogen-bond donors (Lipinski definition) is 8. The van der Waals surface area contributed by atoms with Crippen LogP contribution in [0.3, 0.4) is 0 Å². The molecule has 0 bridgehead atoms. The van der Waals surface area contributed by atoms with Gasteiger partial charge in [0.1, 0.15) is 48.2 Å². The summed E-state index contributed by atoms with van der Waals surface area (Å²) in [4.78, 5) is 0. The number of aliphatic hydroxyl groups is 8. The van der Waals surface area contributed by atoms with Crippen molar-refractivity contribution in [2.75, 3.05) is 13.2 Å². The monoisotopic (exact) mass is 358 g/mol. The van der Waals surface area contributed by atoms with Gasteiger partial charge in [0.05, 0.1) is 18.5 Å². The van der Waals surface area contributed by atoms with Gasteiger partial charge in [0.25, 0.3) is 0 Å². The summed E-state index contributed by atoms with van der Waals surface area (Å²) in [6, 6.07) is 0. The summed E-state index contributed by atoms with van der Waals surface area (Å²) < 4.78 is 10.5. The molecule has 10 atom stereocenters. The maximum atomic E-state index is 10.0. The Morgan fingerprint density at radius 1 is 0.783 bits per heavy atom. The third kappa shape index (κ3) is 3.80. The van der Waals surface area contributed by atoms with Crippen molar-refractivity contribution in [1.82, 2.24) is 0 Å². The van der Waals surface area contributed by atoms with Crippen molar-refractivity contribution in [1.29, 1.82) is 0 Å². The van der Waals surface area contributed by atoms with E-state index >= 15 is 0 Å². The molecule has 0 radical (unpaired) electrons. The van der Waals surface area contributed by atoms with Gasteiger partial charge in [0.2, 0.25) is 0 Å². The van der Waals surface area contributed by atoms with Gasteiger partial charge in [-0.25, -0.2) is 0 Å². The molecule has 2 aliphatic heterocycles. The average Bonchev–Trinajstić information content (AvgIpc) is 2.55. The van der Waals surface area contributed by atoms with E-state index < -0.39 is 72.9 Å². The van der Waals surface area contributed by atoms with Gasteiger partial charge >= 0.3 is 0 Å². The van der Waals surface area contributed by atoms with E-state index in [1.807, 2.05) is 0 Å². The van der Waals surface area contributed by atoms with Crippen molar-refractivity contribution in [3.8, 4) is 0 Å². The summed E-state index contributed by atoms with van der Waals surface area (Å²) in [5.41, 5.74) is -1.32. The molecule has 0 aliphatic carbocycles. The van der Waals surface area contributed by atoms with Gasteiger partial charge in [0.15, 0.2) is 6.29 Å². The van der Waals surface area contributed by atoms with Gasteiger partial charge in [-0.05, 0) is 0 Å². The van der Waals surface area contributed by atoms with Crippen LogP contribution in [0.2, 0.25) is 0 Å². The Morgan fingerprint density at radius 2 is 1.43 bits per heavy atom. The minimum absolute atomic E-state index is 0.492. The lowest BCUT2D eigenvalue weighted by Gasteiger charge is -2.45. The van der Waals surface area contributed by atoms with Crippen LogP contribution >= 0.6 is 11.8 Å². The van der Waals surface area contributed by atoms with Crippen molar-refractivity contribution >= 4 is 11.8 Å². The summed E-state index contributed by atoms with van der Waals surface area (Å²) in [5.74, 6) is 0. The maximum absolute atomic E-state index is 10.0. The standard InChI is InChI=1S/C12H22O10S/c13-1-3-5(15)6(16)9(19)12(21-3)22-10-4(2-14)23-11(20)8(18)7(10)17/h3-20H,1-2H2/t3?,4?,5-,6?,7+,8+,9?,10-,11?,12?/m0/s1. The first-order valence-electron chi connectivity index (χ1n) is 7.08. The Balaban J connectivity index is 2.11. The van der Waals surface area contributed by atoms with Crippen LogP contribution in [0.4, 0.5) is 0 Å². The SMILES string of the molecule is OCC1OC(O[C@H]2C(CO)SC(O)[C@H](O)[C@H]2O)C(O)C(O)[C@H]1O. The van der Waals surface area contributed by atoms with E-state index in [1.165, 1.54) is 0 Å². The highest BCUT2D eigenvalue weighted by molar-refractivity contribution is 8.00. The lowest BCUT2D eigenvalue weighted by atomic mass is 9.98. The molecule has 8 N–H and O–H groups in total. The zero-order chi connectivity index (χ0) is 17.3. The smallest absolute Gasteiger partial charge is 0.187 e. The Labute approximate surface area is 135 Å². The Morgan fingerprint density at radius 3 is 2.00 bits per heavy atom. The molecule has 0 aromatic carbocycles. The molecular weight excluding hydrogens is 336 g/mol. The molecule has 0 aromatic heterocycles. The van der Waals surface area contributed by atoms with Crippen molar-refractivity contribution in [2.24, 2.45) is 0 Å². The fourth-order valence-electron chi connectivity index (χ4n) is 2.57. The van der Waals surface area contributed by atoms with E-state index in [9.17, 15) is 35.7 Å². The maximum Gasteiger partial charge on any atom is 0.187 e. The molecule has 0 spiro atoms. The zero-order valence-corrected chi connectivity index (χ0v) is 12.8. The van der Waals surface area contributed by atoms with Gasteiger partial charge in [-0.2, -0.15) is 0 Å². The molecule has 2 rings (SSSR count). The molecule has 23 heavy (non-hydrogen) atoms.